The highest BCUT2D eigenvalue weighted by molar-refractivity contribution is 6.04. The lowest BCUT2D eigenvalue weighted by atomic mass is 10.1. The predicted molar refractivity (Wildman–Crippen MR) is 114 cm³/mol. The number of carbonyl (C=O) groups excluding carboxylic acids is 1. The smallest absolute Gasteiger partial charge is 0.257 e. The van der Waals surface area contributed by atoms with Gasteiger partial charge in [-0.2, -0.15) is 0 Å². The Morgan fingerprint density at radius 3 is 2.71 bits per heavy atom. The second-order valence-electron chi connectivity index (χ2n) is 6.72. The zero-order chi connectivity index (χ0) is 22.2. The number of aromatic nitrogens is 2. The molecule has 0 unspecified atom stereocenters. The van der Waals surface area contributed by atoms with Crippen molar-refractivity contribution in [1.82, 2.24) is 9.97 Å². The summed E-state index contributed by atoms with van der Waals surface area (Å²) in [4.78, 5) is 20.7. The van der Waals surface area contributed by atoms with E-state index in [0.717, 1.165) is 6.07 Å². The second-order valence-corrected chi connectivity index (χ2v) is 6.72. The van der Waals surface area contributed by atoms with Crippen LogP contribution in [0.3, 0.4) is 0 Å². The molecule has 0 aliphatic rings. The number of anilines is 1. The summed E-state index contributed by atoms with van der Waals surface area (Å²) in [6, 6.07) is 8.25. The van der Waals surface area contributed by atoms with Gasteiger partial charge in [0.1, 0.15) is 23.5 Å². The molecule has 1 amide bonds. The standard InChI is InChI=1S/C23H21F2N3O3/c1-15(14-30-2)31-20-10-16(3-4-17-5-6-19(24)12-21(17)25)9-18(11-20)23(29)28-22-13-26-7-8-27-22/h3-13,15H,14H2,1-2H3,(H,27,28,29)/t15-/m0/s1. The van der Waals surface area contributed by atoms with E-state index in [-0.39, 0.29) is 11.7 Å². The van der Waals surface area contributed by atoms with Gasteiger partial charge in [-0.3, -0.25) is 9.78 Å². The highest BCUT2D eigenvalue weighted by Crippen LogP contribution is 2.22. The van der Waals surface area contributed by atoms with Crippen molar-refractivity contribution in [2.75, 3.05) is 19.0 Å². The third-order valence-electron chi connectivity index (χ3n) is 4.15. The molecule has 0 bridgehead atoms. The maximum Gasteiger partial charge on any atom is 0.257 e. The van der Waals surface area contributed by atoms with Crippen molar-refractivity contribution in [2.24, 2.45) is 0 Å². The van der Waals surface area contributed by atoms with Gasteiger partial charge in [-0.1, -0.05) is 12.2 Å². The molecule has 160 valence electrons. The van der Waals surface area contributed by atoms with Gasteiger partial charge in [-0.25, -0.2) is 13.8 Å². The molecule has 3 rings (SSSR count). The predicted octanol–water partition coefficient (Wildman–Crippen LogP) is 4.59. The van der Waals surface area contributed by atoms with Gasteiger partial charge < -0.3 is 14.8 Å². The third-order valence-corrected chi connectivity index (χ3v) is 4.15. The molecular weight excluding hydrogens is 404 g/mol. The summed E-state index contributed by atoms with van der Waals surface area (Å²) in [5, 5.41) is 2.66. The average molecular weight is 425 g/mol. The fourth-order valence-corrected chi connectivity index (χ4v) is 2.79. The first kappa shape index (κ1) is 22.0. The average Bonchev–Trinajstić information content (AvgIpc) is 2.74. The first-order valence-electron chi connectivity index (χ1n) is 9.46. The summed E-state index contributed by atoms with van der Waals surface area (Å²) >= 11 is 0. The van der Waals surface area contributed by atoms with Crippen LogP contribution in [0.4, 0.5) is 14.6 Å². The molecule has 6 nitrogen and oxygen atoms in total. The van der Waals surface area contributed by atoms with Gasteiger partial charge in [0.15, 0.2) is 5.82 Å². The van der Waals surface area contributed by atoms with Crippen LogP contribution in [0.1, 0.15) is 28.4 Å². The molecule has 0 spiro atoms. The molecule has 8 heteroatoms. The number of benzene rings is 2. The zero-order valence-corrected chi connectivity index (χ0v) is 17.0. The monoisotopic (exact) mass is 425 g/mol. The van der Waals surface area contributed by atoms with Crippen LogP contribution >= 0.6 is 0 Å². The van der Waals surface area contributed by atoms with Gasteiger partial charge in [-0.05, 0) is 42.8 Å². The van der Waals surface area contributed by atoms with Gasteiger partial charge >= 0.3 is 0 Å². The van der Waals surface area contributed by atoms with Crippen molar-refractivity contribution >= 4 is 23.9 Å². The normalized spacial score (nSPS) is 12.0. The Hall–Kier alpha value is -3.65. The number of halogens is 2. The van der Waals surface area contributed by atoms with Gasteiger partial charge in [0, 0.05) is 36.7 Å². The Bertz CT molecular complexity index is 1070. The van der Waals surface area contributed by atoms with Crippen molar-refractivity contribution in [3.63, 3.8) is 0 Å². The van der Waals surface area contributed by atoms with Crippen LogP contribution in [-0.4, -0.2) is 35.7 Å². The number of rotatable bonds is 8. The SMILES string of the molecule is COC[C@H](C)Oc1cc(C=Cc2ccc(F)cc2F)cc(C(=O)Nc2cnccn2)c1. The molecule has 31 heavy (non-hydrogen) atoms. The molecule has 0 aliphatic heterocycles. The molecule has 0 aliphatic carbocycles. The largest absolute Gasteiger partial charge is 0.488 e. The molecular formula is C23H21F2N3O3. The van der Waals surface area contributed by atoms with Crippen LogP contribution in [0.5, 0.6) is 5.75 Å². The Morgan fingerprint density at radius 1 is 1.16 bits per heavy atom. The van der Waals surface area contributed by atoms with Crippen LogP contribution in [0.25, 0.3) is 12.2 Å². The second kappa shape index (κ2) is 10.4. The van der Waals surface area contributed by atoms with E-state index in [0.29, 0.717) is 29.3 Å². The first-order valence-corrected chi connectivity index (χ1v) is 9.46. The van der Waals surface area contributed by atoms with Gasteiger partial charge in [0.05, 0.1) is 12.8 Å². The number of nitrogens with zero attached hydrogens (tertiary/aromatic N) is 2. The van der Waals surface area contributed by atoms with E-state index >= 15 is 0 Å². The number of hydrogen-bond acceptors (Lipinski definition) is 5. The van der Waals surface area contributed by atoms with E-state index in [1.807, 2.05) is 6.92 Å². The third kappa shape index (κ3) is 6.42. The van der Waals surface area contributed by atoms with Gasteiger partial charge in [0.25, 0.3) is 5.91 Å². The first-order chi connectivity index (χ1) is 14.9. The lowest BCUT2D eigenvalue weighted by molar-refractivity contribution is 0.0917. The van der Waals surface area contributed by atoms with Crippen molar-refractivity contribution < 1.29 is 23.0 Å². The van der Waals surface area contributed by atoms with Crippen LogP contribution in [-0.2, 0) is 4.74 Å². The van der Waals surface area contributed by atoms with E-state index in [9.17, 15) is 13.6 Å². The Morgan fingerprint density at radius 2 is 2.00 bits per heavy atom. The van der Waals surface area contributed by atoms with Crippen molar-refractivity contribution in [3.8, 4) is 5.75 Å². The number of carbonyl (C=O) groups is 1. The summed E-state index contributed by atoms with van der Waals surface area (Å²) in [6.07, 6.45) is 7.25. The molecule has 0 radical (unpaired) electrons. The summed E-state index contributed by atoms with van der Waals surface area (Å²) < 4.78 is 38.0. The summed E-state index contributed by atoms with van der Waals surface area (Å²) in [5.41, 5.74) is 1.12. The highest BCUT2D eigenvalue weighted by Gasteiger charge is 2.12. The Labute approximate surface area is 178 Å². The summed E-state index contributed by atoms with van der Waals surface area (Å²) in [7, 11) is 1.57. The van der Waals surface area contributed by atoms with E-state index in [1.54, 1.807) is 31.4 Å². The number of nitrogens with one attached hydrogen (secondary N) is 1. The van der Waals surface area contributed by atoms with E-state index in [4.69, 9.17) is 9.47 Å². The fraction of sp³-hybridized carbons (Fsp3) is 0.174. The van der Waals surface area contributed by atoms with E-state index in [2.05, 4.69) is 15.3 Å². The Balaban J connectivity index is 1.90. The molecule has 1 atom stereocenters. The lowest BCUT2D eigenvalue weighted by Gasteiger charge is -2.15. The summed E-state index contributed by atoms with van der Waals surface area (Å²) in [5.74, 6) is -1.00. The molecule has 0 fully saturated rings. The lowest BCUT2D eigenvalue weighted by Crippen LogP contribution is -2.19. The topological polar surface area (TPSA) is 73.3 Å². The highest BCUT2D eigenvalue weighted by atomic mass is 19.1. The van der Waals surface area contributed by atoms with Crippen molar-refractivity contribution in [1.29, 1.82) is 0 Å². The minimum Gasteiger partial charge on any atom is -0.488 e. The van der Waals surface area contributed by atoms with Crippen LogP contribution in [0.2, 0.25) is 0 Å². The van der Waals surface area contributed by atoms with Gasteiger partial charge in [0.2, 0.25) is 0 Å². The van der Waals surface area contributed by atoms with Crippen molar-refractivity contribution in [2.45, 2.75) is 13.0 Å². The van der Waals surface area contributed by atoms with Crippen LogP contribution in [0, 0.1) is 11.6 Å². The number of hydrogen-bond donors (Lipinski definition) is 1. The minimum atomic E-state index is -0.682. The molecule has 0 saturated carbocycles. The zero-order valence-electron chi connectivity index (χ0n) is 17.0. The van der Waals surface area contributed by atoms with E-state index < -0.39 is 17.5 Å². The molecule has 3 aromatic rings. The quantitative estimate of drug-likeness (QED) is 0.535. The minimum absolute atomic E-state index is 0.214. The number of methoxy groups -OCH3 is 1. The molecule has 0 saturated heterocycles. The maximum atomic E-state index is 13.9. The van der Waals surface area contributed by atoms with E-state index in [1.165, 1.54) is 36.8 Å². The fourth-order valence-electron chi connectivity index (χ4n) is 2.79. The summed E-state index contributed by atoms with van der Waals surface area (Å²) in [6.45, 7) is 2.20. The Kier molecular flexibility index (Phi) is 7.40. The number of ether oxygens (including phenoxy) is 2. The molecule has 1 N–H and O–H groups in total. The maximum absolute atomic E-state index is 13.9. The van der Waals surface area contributed by atoms with Crippen molar-refractivity contribution in [3.05, 3.63) is 83.3 Å². The number of amides is 1. The van der Waals surface area contributed by atoms with Gasteiger partial charge in [-0.15, -0.1) is 0 Å². The molecule has 2 aromatic carbocycles. The van der Waals surface area contributed by atoms with Crippen LogP contribution < -0.4 is 10.1 Å². The molecule has 1 aromatic heterocycles. The van der Waals surface area contributed by atoms with Crippen LogP contribution in [0.15, 0.2) is 55.0 Å². The molecule has 1 heterocycles.